The van der Waals surface area contributed by atoms with Gasteiger partial charge in [0.1, 0.15) is 5.01 Å². The minimum Gasteiger partial charge on any atom is -0.481 e. The van der Waals surface area contributed by atoms with E-state index in [0.29, 0.717) is 12.8 Å². The van der Waals surface area contributed by atoms with E-state index in [1.165, 1.54) is 5.56 Å². The molecule has 3 nitrogen and oxygen atoms in total. The molecule has 2 aromatic rings. The number of nitrogens with zero attached hydrogens (tertiary/aromatic N) is 1. The molecular formula is C16H17NO2S. The van der Waals surface area contributed by atoms with E-state index in [4.69, 9.17) is 10.1 Å². The van der Waals surface area contributed by atoms with Gasteiger partial charge in [-0.1, -0.05) is 31.2 Å². The molecule has 0 spiro atoms. The highest BCUT2D eigenvalue weighted by atomic mass is 32.1. The molecule has 0 bridgehead atoms. The predicted molar refractivity (Wildman–Crippen MR) is 80.1 cm³/mol. The number of benzene rings is 1. The molecule has 1 atom stereocenters. The lowest BCUT2D eigenvalue weighted by molar-refractivity contribution is -0.142. The molecule has 1 aromatic carbocycles. The summed E-state index contributed by atoms with van der Waals surface area (Å²) in [7, 11) is 0. The van der Waals surface area contributed by atoms with Gasteiger partial charge in [0.05, 0.1) is 11.6 Å². The van der Waals surface area contributed by atoms with E-state index in [-0.39, 0.29) is 5.92 Å². The number of aryl methyl sites for hydroxylation is 2. The summed E-state index contributed by atoms with van der Waals surface area (Å²) in [5, 5.41) is 10.1. The topological polar surface area (TPSA) is 50.2 Å². The molecule has 1 unspecified atom stereocenters. The number of carboxylic acids is 1. The van der Waals surface area contributed by atoms with Gasteiger partial charge in [0.2, 0.25) is 0 Å². The summed E-state index contributed by atoms with van der Waals surface area (Å²) < 4.78 is 0. The molecule has 1 aliphatic rings. The van der Waals surface area contributed by atoms with Crippen molar-refractivity contribution >= 4 is 17.3 Å². The minimum absolute atomic E-state index is 0.238. The number of fused-ring (bicyclic) bond motifs is 1. The first-order valence-corrected chi connectivity index (χ1v) is 7.79. The van der Waals surface area contributed by atoms with Crippen LogP contribution in [0.5, 0.6) is 0 Å². The number of hydrogen-bond acceptors (Lipinski definition) is 3. The van der Waals surface area contributed by atoms with Crippen molar-refractivity contribution in [1.29, 1.82) is 0 Å². The Bertz CT molecular complexity index is 630. The van der Waals surface area contributed by atoms with Crippen molar-refractivity contribution in [3.05, 3.63) is 40.4 Å². The van der Waals surface area contributed by atoms with Gasteiger partial charge in [0.25, 0.3) is 0 Å². The maximum Gasteiger partial charge on any atom is 0.306 e. The number of carboxylic acid groups (broad SMARTS) is 1. The van der Waals surface area contributed by atoms with E-state index in [1.807, 2.05) is 0 Å². The summed E-state index contributed by atoms with van der Waals surface area (Å²) in [6, 6.07) is 8.49. The summed E-state index contributed by atoms with van der Waals surface area (Å²) in [5.41, 5.74) is 3.55. The average molecular weight is 287 g/mol. The predicted octanol–water partition coefficient (Wildman–Crippen LogP) is 3.56. The first-order chi connectivity index (χ1) is 9.67. The van der Waals surface area contributed by atoms with Gasteiger partial charge >= 0.3 is 5.97 Å². The van der Waals surface area contributed by atoms with Crippen LogP contribution in [0.1, 0.15) is 29.5 Å². The Kier molecular flexibility index (Phi) is 3.57. The molecule has 1 heterocycles. The highest BCUT2D eigenvalue weighted by Crippen LogP contribution is 2.34. The average Bonchev–Trinajstić information content (AvgIpc) is 2.90. The lowest BCUT2D eigenvalue weighted by atomic mass is 9.91. The van der Waals surface area contributed by atoms with Crippen LogP contribution in [0.3, 0.4) is 0 Å². The summed E-state index contributed by atoms with van der Waals surface area (Å²) in [6.07, 6.45) is 3.17. The third-order valence-corrected chi connectivity index (χ3v) is 5.07. The normalized spacial score (nSPS) is 17.8. The second-order valence-electron chi connectivity index (χ2n) is 5.22. The molecule has 0 aliphatic heterocycles. The van der Waals surface area contributed by atoms with Gasteiger partial charge in [-0.15, -0.1) is 11.3 Å². The monoisotopic (exact) mass is 287 g/mol. The fraction of sp³-hybridized carbons (Fsp3) is 0.375. The second-order valence-corrected chi connectivity index (χ2v) is 6.30. The quantitative estimate of drug-likeness (QED) is 0.939. The minimum atomic E-state index is -0.683. The van der Waals surface area contributed by atoms with E-state index in [1.54, 1.807) is 11.3 Å². The van der Waals surface area contributed by atoms with E-state index in [9.17, 15) is 4.79 Å². The van der Waals surface area contributed by atoms with Crippen LogP contribution in [0.4, 0.5) is 0 Å². The second kappa shape index (κ2) is 5.37. The van der Waals surface area contributed by atoms with E-state index < -0.39 is 5.97 Å². The van der Waals surface area contributed by atoms with Crippen molar-refractivity contribution in [2.45, 2.75) is 32.6 Å². The number of carbonyl (C=O) groups is 1. The molecule has 0 radical (unpaired) electrons. The van der Waals surface area contributed by atoms with Crippen LogP contribution < -0.4 is 0 Å². The lowest BCUT2D eigenvalue weighted by Crippen LogP contribution is -2.21. The maximum absolute atomic E-state index is 11.1. The fourth-order valence-electron chi connectivity index (χ4n) is 2.59. The first kappa shape index (κ1) is 13.3. The zero-order chi connectivity index (χ0) is 14.1. The molecule has 1 aliphatic carbocycles. The van der Waals surface area contributed by atoms with Gasteiger partial charge in [-0.25, -0.2) is 4.98 Å². The zero-order valence-corrected chi connectivity index (χ0v) is 12.2. The fourth-order valence-corrected chi connectivity index (χ4v) is 3.79. The Morgan fingerprint density at radius 1 is 1.40 bits per heavy atom. The van der Waals surface area contributed by atoms with Gasteiger partial charge < -0.3 is 5.11 Å². The molecule has 0 fully saturated rings. The third kappa shape index (κ3) is 2.48. The molecule has 3 rings (SSSR count). The third-order valence-electron chi connectivity index (χ3n) is 3.90. The molecule has 20 heavy (non-hydrogen) atoms. The van der Waals surface area contributed by atoms with Gasteiger partial charge in [-0.2, -0.15) is 0 Å². The Morgan fingerprint density at radius 3 is 2.80 bits per heavy atom. The van der Waals surface area contributed by atoms with Crippen molar-refractivity contribution < 1.29 is 9.90 Å². The van der Waals surface area contributed by atoms with Crippen LogP contribution >= 0.6 is 11.3 Å². The number of hydrogen-bond donors (Lipinski definition) is 1. The standard InChI is InChI=1S/C16H17NO2S/c1-2-10-3-5-11(6-4-10)15-17-13-8-7-12(16(18)19)9-14(13)20-15/h3-6,12H,2,7-9H2,1H3,(H,18,19). The number of aromatic nitrogens is 1. The zero-order valence-electron chi connectivity index (χ0n) is 11.4. The van der Waals surface area contributed by atoms with E-state index in [0.717, 1.165) is 34.0 Å². The number of rotatable bonds is 3. The molecule has 4 heteroatoms. The van der Waals surface area contributed by atoms with Crippen LogP contribution in [-0.4, -0.2) is 16.1 Å². The van der Waals surface area contributed by atoms with E-state index in [2.05, 4.69) is 31.2 Å². The summed E-state index contributed by atoms with van der Waals surface area (Å²) in [6.45, 7) is 2.14. The van der Waals surface area contributed by atoms with Crippen LogP contribution in [0.15, 0.2) is 24.3 Å². The van der Waals surface area contributed by atoms with Gasteiger partial charge in [0.15, 0.2) is 0 Å². The Balaban J connectivity index is 1.87. The van der Waals surface area contributed by atoms with E-state index >= 15 is 0 Å². The van der Waals surface area contributed by atoms with Crippen molar-refractivity contribution in [3.8, 4) is 10.6 Å². The lowest BCUT2D eigenvalue weighted by Gasteiger charge is -2.16. The van der Waals surface area contributed by atoms with Crippen LogP contribution in [0.25, 0.3) is 10.6 Å². The highest BCUT2D eigenvalue weighted by molar-refractivity contribution is 7.15. The number of thiazole rings is 1. The highest BCUT2D eigenvalue weighted by Gasteiger charge is 2.27. The van der Waals surface area contributed by atoms with Crippen LogP contribution in [-0.2, 0) is 24.1 Å². The van der Waals surface area contributed by atoms with Crippen molar-refractivity contribution in [3.63, 3.8) is 0 Å². The molecule has 1 N–H and O–H groups in total. The molecule has 0 amide bonds. The smallest absolute Gasteiger partial charge is 0.306 e. The Hall–Kier alpha value is -1.68. The van der Waals surface area contributed by atoms with Crippen LogP contribution in [0, 0.1) is 5.92 Å². The Morgan fingerprint density at radius 2 is 2.15 bits per heavy atom. The van der Waals surface area contributed by atoms with Crippen LogP contribution in [0.2, 0.25) is 0 Å². The van der Waals surface area contributed by atoms with Crippen molar-refractivity contribution in [2.24, 2.45) is 5.92 Å². The van der Waals surface area contributed by atoms with Crippen molar-refractivity contribution in [2.75, 3.05) is 0 Å². The molecular weight excluding hydrogens is 270 g/mol. The van der Waals surface area contributed by atoms with Gasteiger partial charge in [0, 0.05) is 10.4 Å². The maximum atomic E-state index is 11.1. The summed E-state index contributed by atoms with van der Waals surface area (Å²) >= 11 is 1.65. The van der Waals surface area contributed by atoms with Crippen molar-refractivity contribution in [1.82, 2.24) is 4.98 Å². The van der Waals surface area contributed by atoms with Gasteiger partial charge in [-0.05, 0) is 31.2 Å². The molecule has 0 saturated heterocycles. The largest absolute Gasteiger partial charge is 0.481 e. The molecule has 104 valence electrons. The molecule has 0 saturated carbocycles. The number of aliphatic carboxylic acids is 1. The summed E-state index contributed by atoms with van der Waals surface area (Å²) in [4.78, 5) is 16.9. The SMILES string of the molecule is CCc1ccc(-c2nc3c(s2)CC(C(=O)O)CC3)cc1. The first-order valence-electron chi connectivity index (χ1n) is 6.98. The van der Waals surface area contributed by atoms with Gasteiger partial charge in [-0.3, -0.25) is 4.79 Å². The summed E-state index contributed by atoms with van der Waals surface area (Å²) in [5.74, 6) is -0.920. The molecule has 1 aromatic heterocycles. The Labute approximate surface area is 122 Å².